The predicted octanol–water partition coefficient (Wildman–Crippen LogP) is 3.29. The topological polar surface area (TPSA) is 84.9 Å². The lowest BCUT2D eigenvalue weighted by Crippen LogP contribution is -2.72. The van der Waals surface area contributed by atoms with Gasteiger partial charge in [-0.1, -0.05) is 56.3 Å². The molecule has 7 nitrogen and oxygen atoms in total. The lowest BCUT2D eigenvalue weighted by Gasteiger charge is -2.58. The molecule has 2 heterocycles. The molecule has 1 saturated carbocycles. The molecule has 182 valence electrons. The first-order valence-electron chi connectivity index (χ1n) is 11.7. The normalized spacial score (nSPS) is 26.7. The Bertz CT molecular complexity index is 1180. The maximum Gasteiger partial charge on any atom is 0.355 e. The van der Waals surface area contributed by atoms with Gasteiger partial charge in [-0.25, -0.2) is 4.79 Å². The van der Waals surface area contributed by atoms with E-state index < -0.39 is 12.0 Å². The van der Waals surface area contributed by atoms with Crippen LogP contribution in [-0.4, -0.2) is 46.5 Å². The van der Waals surface area contributed by atoms with Crippen LogP contribution in [0.4, 0.5) is 0 Å². The molecule has 2 aliphatic heterocycles. The third kappa shape index (κ3) is 4.20. The summed E-state index contributed by atoms with van der Waals surface area (Å²) in [7, 11) is 1.60. The minimum absolute atomic E-state index is 0.102. The van der Waals surface area contributed by atoms with Gasteiger partial charge in [-0.2, -0.15) is 0 Å². The van der Waals surface area contributed by atoms with Gasteiger partial charge < -0.3 is 14.8 Å². The number of amides is 2. The van der Waals surface area contributed by atoms with E-state index in [1.165, 1.54) is 4.90 Å². The highest BCUT2D eigenvalue weighted by molar-refractivity contribution is 8.01. The quantitative estimate of drug-likeness (QED) is 0.472. The van der Waals surface area contributed by atoms with Crippen LogP contribution in [0.25, 0.3) is 0 Å². The van der Waals surface area contributed by atoms with Gasteiger partial charge in [0.05, 0.1) is 13.5 Å². The summed E-state index contributed by atoms with van der Waals surface area (Å²) < 4.78 is 10.8. The maximum atomic E-state index is 13.2. The van der Waals surface area contributed by atoms with Gasteiger partial charge in [0.1, 0.15) is 29.5 Å². The van der Waals surface area contributed by atoms with E-state index >= 15 is 0 Å². The number of methoxy groups -OCH3 is 1. The van der Waals surface area contributed by atoms with Crippen molar-refractivity contribution >= 4 is 29.5 Å². The van der Waals surface area contributed by atoms with Crippen molar-refractivity contribution < 1.29 is 23.9 Å². The number of esters is 1. The lowest BCUT2D eigenvalue weighted by atomic mass is 9.69. The number of β-lactam (4-membered cyclic amide) rings is 1. The molecule has 2 fully saturated rings. The van der Waals surface area contributed by atoms with E-state index in [4.69, 9.17) is 9.47 Å². The summed E-state index contributed by atoms with van der Waals surface area (Å²) in [6.45, 7) is 4.34. The van der Waals surface area contributed by atoms with Crippen LogP contribution in [0.1, 0.15) is 25.0 Å². The highest BCUT2D eigenvalue weighted by Gasteiger charge is 2.60. The van der Waals surface area contributed by atoms with Crippen molar-refractivity contribution in [3.63, 3.8) is 0 Å². The van der Waals surface area contributed by atoms with Crippen molar-refractivity contribution in [1.29, 1.82) is 0 Å². The van der Waals surface area contributed by atoms with Crippen LogP contribution in [0.15, 0.2) is 65.9 Å². The van der Waals surface area contributed by atoms with Crippen LogP contribution in [0.3, 0.4) is 0 Å². The van der Waals surface area contributed by atoms with Crippen molar-refractivity contribution in [2.24, 2.45) is 11.8 Å². The summed E-state index contributed by atoms with van der Waals surface area (Å²) in [5, 5.41) is 2.71. The summed E-state index contributed by atoms with van der Waals surface area (Å²) in [5.74, 6) is 0.326. The number of hydrogen-bond acceptors (Lipinski definition) is 6. The zero-order valence-electron chi connectivity index (χ0n) is 19.9. The van der Waals surface area contributed by atoms with Gasteiger partial charge in [0.25, 0.3) is 5.91 Å². The standard InChI is InChI=1S/C27H28N2O5S/c1-15-16(2)24-21(15)23(27(32)34-14-18-9-11-19(33-3)12-10-18)29-25(31)22(26(29)35-24)28-20(30)13-17-7-5-4-6-8-17/h4-12,15-16,22,24,26H,13-14H2,1-3H3,(H,28,30)/t15-,16+,22+,24-,26+/m0/s1. The second-order valence-electron chi connectivity index (χ2n) is 9.24. The molecule has 1 N–H and O–H groups in total. The first kappa shape index (κ1) is 23.5. The van der Waals surface area contributed by atoms with Gasteiger partial charge >= 0.3 is 5.97 Å². The van der Waals surface area contributed by atoms with Gasteiger partial charge in [0, 0.05) is 5.25 Å². The van der Waals surface area contributed by atoms with Crippen molar-refractivity contribution in [3.8, 4) is 5.75 Å². The van der Waals surface area contributed by atoms with Crippen molar-refractivity contribution in [2.45, 2.75) is 43.5 Å². The molecule has 1 saturated heterocycles. The summed E-state index contributed by atoms with van der Waals surface area (Å²) in [6.07, 6.45) is 0.205. The highest BCUT2D eigenvalue weighted by atomic mass is 32.2. The number of carbonyl (C=O) groups is 3. The highest BCUT2D eigenvalue weighted by Crippen LogP contribution is 2.57. The Labute approximate surface area is 208 Å². The van der Waals surface area contributed by atoms with Crippen LogP contribution in [0.2, 0.25) is 0 Å². The SMILES string of the molecule is COc1ccc(COC(=O)C2=C3[C@@H](C)[C@@H](C)[C@@H]3S[C@@H]3[C@H](NC(=O)Cc4ccccc4)C(=O)N23)cc1. The Hall–Kier alpha value is -3.26. The number of rotatable bonds is 7. The van der Waals surface area contributed by atoms with Crippen molar-refractivity contribution in [3.05, 3.63) is 77.0 Å². The molecular weight excluding hydrogens is 464 g/mol. The molecule has 0 aromatic heterocycles. The lowest BCUT2D eigenvalue weighted by molar-refractivity contribution is -0.154. The van der Waals surface area contributed by atoms with Crippen LogP contribution in [0.5, 0.6) is 5.75 Å². The average molecular weight is 493 g/mol. The fraction of sp³-hybridized carbons (Fsp3) is 0.370. The van der Waals surface area contributed by atoms with Crippen molar-refractivity contribution in [1.82, 2.24) is 10.2 Å². The number of ether oxygens (including phenoxy) is 2. The second kappa shape index (κ2) is 9.41. The number of hydrogen-bond donors (Lipinski definition) is 1. The Balaban J connectivity index is 1.30. The van der Waals surface area contributed by atoms with Gasteiger partial charge in [-0.05, 0) is 40.7 Å². The minimum atomic E-state index is -0.648. The average Bonchev–Trinajstić information content (AvgIpc) is 2.89. The molecule has 5 atom stereocenters. The molecule has 2 amide bonds. The summed E-state index contributed by atoms with van der Waals surface area (Å²) in [4.78, 5) is 40.6. The molecular formula is C27H28N2O5S. The molecule has 3 aliphatic rings. The zero-order valence-corrected chi connectivity index (χ0v) is 20.7. The van der Waals surface area contributed by atoms with Gasteiger partial charge in [0.2, 0.25) is 5.91 Å². The monoisotopic (exact) mass is 492 g/mol. The Morgan fingerprint density at radius 1 is 1.03 bits per heavy atom. The van der Waals surface area contributed by atoms with Crippen molar-refractivity contribution in [2.75, 3.05) is 7.11 Å². The third-order valence-corrected chi connectivity index (χ3v) is 8.89. The first-order valence-corrected chi connectivity index (χ1v) is 12.7. The largest absolute Gasteiger partial charge is 0.497 e. The van der Waals surface area contributed by atoms with E-state index in [1.54, 1.807) is 18.9 Å². The molecule has 35 heavy (non-hydrogen) atoms. The molecule has 1 aliphatic carbocycles. The Kier molecular flexibility index (Phi) is 6.32. The maximum absolute atomic E-state index is 13.2. The molecule has 0 bridgehead atoms. The number of nitrogens with zero attached hydrogens (tertiary/aromatic N) is 1. The second-order valence-corrected chi connectivity index (χ2v) is 10.5. The number of fused-ring (bicyclic) bond motifs is 2. The van der Waals surface area contributed by atoms with E-state index in [2.05, 4.69) is 19.2 Å². The Morgan fingerprint density at radius 2 is 1.74 bits per heavy atom. The molecule has 0 radical (unpaired) electrons. The summed E-state index contributed by atoms with van der Waals surface area (Å²) in [6, 6.07) is 16.1. The smallest absolute Gasteiger partial charge is 0.355 e. The van der Waals surface area contributed by atoms with E-state index in [0.717, 1.165) is 22.4 Å². The molecule has 2 aromatic rings. The zero-order chi connectivity index (χ0) is 24.7. The Morgan fingerprint density at radius 3 is 2.43 bits per heavy atom. The molecule has 0 spiro atoms. The van der Waals surface area contributed by atoms with Crippen LogP contribution < -0.4 is 10.1 Å². The molecule has 0 unspecified atom stereocenters. The van der Waals surface area contributed by atoms with Gasteiger partial charge in [0.15, 0.2) is 0 Å². The van der Waals surface area contributed by atoms with E-state index in [9.17, 15) is 14.4 Å². The number of benzene rings is 2. The fourth-order valence-corrected chi connectivity index (χ4v) is 6.87. The molecule has 2 aromatic carbocycles. The molecule has 5 rings (SSSR count). The number of thioether (sulfide) groups is 1. The summed E-state index contributed by atoms with van der Waals surface area (Å²) >= 11 is 1.65. The first-order chi connectivity index (χ1) is 16.9. The molecule has 8 heteroatoms. The number of carbonyl (C=O) groups excluding carboxylic acids is 3. The van der Waals surface area contributed by atoms with Gasteiger partial charge in [-0.15, -0.1) is 11.8 Å². The summed E-state index contributed by atoms with van der Waals surface area (Å²) in [5.41, 5.74) is 3.05. The van der Waals surface area contributed by atoms with Gasteiger partial charge in [-0.3, -0.25) is 14.5 Å². The van der Waals surface area contributed by atoms with Crippen LogP contribution in [-0.2, 0) is 32.1 Å². The van der Waals surface area contributed by atoms with E-state index in [0.29, 0.717) is 11.6 Å². The van der Waals surface area contributed by atoms with Crippen LogP contribution >= 0.6 is 11.8 Å². The van der Waals surface area contributed by atoms with E-state index in [-0.39, 0.29) is 41.4 Å². The number of nitrogens with one attached hydrogen (secondary N) is 1. The van der Waals surface area contributed by atoms with Crippen LogP contribution in [0, 0.1) is 11.8 Å². The van der Waals surface area contributed by atoms with E-state index in [1.807, 2.05) is 54.6 Å². The predicted molar refractivity (Wildman–Crippen MR) is 132 cm³/mol. The fourth-order valence-electron chi connectivity index (χ4n) is 4.94. The minimum Gasteiger partial charge on any atom is -0.497 e. The third-order valence-electron chi connectivity index (χ3n) is 7.15.